The van der Waals surface area contributed by atoms with Crippen molar-refractivity contribution in [3.8, 4) is 0 Å². The van der Waals surface area contributed by atoms with Crippen LogP contribution in [0.2, 0.25) is 0 Å². The summed E-state index contributed by atoms with van der Waals surface area (Å²) in [4.78, 5) is 21.5. The number of rotatable bonds is 7. The van der Waals surface area contributed by atoms with Crippen LogP contribution in [0.4, 0.5) is 0 Å². The minimum absolute atomic E-state index is 0.178. The molecule has 8 nitrogen and oxygen atoms in total. The lowest BCUT2D eigenvalue weighted by Crippen LogP contribution is -2.45. The fourth-order valence-corrected chi connectivity index (χ4v) is 1.55. The van der Waals surface area contributed by atoms with Crippen LogP contribution in [0.15, 0.2) is 0 Å². The monoisotopic (exact) mass is 254 g/mol. The normalized spacial score (nSPS) is 13.1. The summed E-state index contributed by atoms with van der Waals surface area (Å²) in [7, 11) is -1.55. The maximum atomic E-state index is 11.0. The Hall–Kier alpha value is -1.19. The summed E-state index contributed by atoms with van der Waals surface area (Å²) in [6.45, 7) is 0. The summed E-state index contributed by atoms with van der Waals surface area (Å²) in [5.74, 6) is -1.96. The highest BCUT2D eigenvalue weighted by molar-refractivity contribution is 7.87. The van der Waals surface area contributed by atoms with Gasteiger partial charge in [0.15, 0.2) is 0 Å². The third-order valence-corrected chi connectivity index (χ3v) is 2.86. The average Bonchev–Trinajstić information content (AvgIpc) is 2.23. The van der Waals surface area contributed by atoms with Gasteiger partial charge in [-0.3, -0.25) is 9.59 Å². The first-order chi connectivity index (χ1) is 7.32. The lowest BCUT2D eigenvalue weighted by atomic mass is 10.2. The third-order valence-electron chi connectivity index (χ3n) is 1.73. The molecule has 0 saturated carbocycles. The van der Waals surface area contributed by atoms with Crippen molar-refractivity contribution < 1.29 is 27.9 Å². The minimum Gasteiger partial charge on any atom is -0.480 e. The fourth-order valence-electron chi connectivity index (χ4n) is 0.843. The molecule has 0 unspecified atom stereocenters. The van der Waals surface area contributed by atoms with Crippen LogP contribution in [-0.4, -0.2) is 45.7 Å². The topological polar surface area (TPSA) is 122 Å². The summed E-state index contributed by atoms with van der Waals surface area (Å²) < 4.78 is 30.2. The largest absolute Gasteiger partial charge is 0.480 e. The van der Waals surface area contributed by atoms with Crippen molar-refractivity contribution in [1.29, 1.82) is 0 Å². The molecule has 94 valence electrons. The van der Waals surface area contributed by atoms with Crippen LogP contribution in [0, 0.1) is 0 Å². The molecule has 3 N–H and O–H groups in total. The Morgan fingerprint density at radius 1 is 1.44 bits per heavy atom. The van der Waals surface area contributed by atoms with Gasteiger partial charge in [-0.1, -0.05) is 0 Å². The van der Waals surface area contributed by atoms with E-state index >= 15 is 0 Å². The van der Waals surface area contributed by atoms with Crippen molar-refractivity contribution >= 4 is 22.1 Å². The molecule has 0 aliphatic carbocycles. The van der Waals surface area contributed by atoms with Gasteiger partial charge in [0.05, 0.1) is 7.11 Å². The Labute approximate surface area is 93.2 Å². The zero-order chi connectivity index (χ0) is 12.8. The molecule has 0 aromatic heterocycles. The van der Waals surface area contributed by atoms with Gasteiger partial charge in [0.2, 0.25) is 0 Å². The second-order valence-corrected chi connectivity index (χ2v) is 4.48. The number of carboxylic acid groups (broad SMARTS) is 1. The number of nitrogens with one attached hydrogen (secondary N) is 2. The van der Waals surface area contributed by atoms with E-state index in [0.29, 0.717) is 0 Å². The maximum absolute atomic E-state index is 11.0. The van der Waals surface area contributed by atoms with Crippen molar-refractivity contribution in [1.82, 2.24) is 9.44 Å². The molecule has 0 aliphatic rings. The highest BCUT2D eigenvalue weighted by atomic mass is 32.2. The van der Waals surface area contributed by atoms with E-state index in [4.69, 9.17) is 5.11 Å². The van der Waals surface area contributed by atoms with E-state index in [9.17, 15) is 18.0 Å². The number of hydrogen-bond acceptors (Lipinski definition) is 5. The molecule has 0 fully saturated rings. The van der Waals surface area contributed by atoms with E-state index in [1.54, 1.807) is 0 Å². The Kier molecular flexibility index (Phi) is 5.93. The number of carbonyl (C=O) groups excluding carboxylic acids is 1. The van der Waals surface area contributed by atoms with Crippen LogP contribution in [0.1, 0.15) is 12.8 Å². The Morgan fingerprint density at radius 3 is 2.38 bits per heavy atom. The van der Waals surface area contributed by atoms with E-state index in [1.807, 2.05) is 9.44 Å². The van der Waals surface area contributed by atoms with Gasteiger partial charge in [-0.2, -0.15) is 13.1 Å². The molecular formula is C7H14N2O6S. The SMILES string of the molecule is CNS(=O)(=O)N[C@@H](CCC(=O)OC)C(=O)O. The van der Waals surface area contributed by atoms with Crippen molar-refractivity contribution in [3.05, 3.63) is 0 Å². The van der Waals surface area contributed by atoms with E-state index in [2.05, 4.69) is 4.74 Å². The number of carbonyl (C=O) groups is 2. The summed E-state index contributed by atoms with van der Waals surface area (Å²) in [6, 6.07) is -1.36. The molecule has 0 bridgehead atoms. The predicted molar refractivity (Wildman–Crippen MR) is 53.8 cm³/mol. The van der Waals surface area contributed by atoms with Crippen LogP contribution >= 0.6 is 0 Å². The lowest BCUT2D eigenvalue weighted by Gasteiger charge is -2.13. The predicted octanol–water partition coefficient (Wildman–Crippen LogP) is -1.55. The molecule has 0 amide bonds. The number of esters is 1. The number of aliphatic carboxylic acids is 1. The van der Waals surface area contributed by atoms with Gasteiger partial charge in [-0.25, -0.2) is 4.72 Å². The van der Waals surface area contributed by atoms with Crippen LogP contribution in [0.3, 0.4) is 0 Å². The van der Waals surface area contributed by atoms with Crippen LogP contribution in [-0.2, 0) is 24.5 Å². The van der Waals surface area contributed by atoms with Crippen molar-refractivity contribution in [3.63, 3.8) is 0 Å². The number of hydrogen-bond donors (Lipinski definition) is 3. The maximum Gasteiger partial charge on any atom is 0.321 e. The van der Waals surface area contributed by atoms with Gasteiger partial charge in [-0.15, -0.1) is 0 Å². The molecule has 0 rings (SSSR count). The van der Waals surface area contributed by atoms with Gasteiger partial charge in [0.25, 0.3) is 10.2 Å². The average molecular weight is 254 g/mol. The molecule has 0 aromatic rings. The molecule has 0 aliphatic heterocycles. The third kappa shape index (κ3) is 5.63. The van der Waals surface area contributed by atoms with Gasteiger partial charge in [-0.05, 0) is 6.42 Å². The van der Waals surface area contributed by atoms with E-state index in [0.717, 1.165) is 14.2 Å². The number of carboxylic acids is 1. The van der Waals surface area contributed by atoms with Gasteiger partial charge in [0.1, 0.15) is 6.04 Å². The van der Waals surface area contributed by atoms with Gasteiger partial charge in [0, 0.05) is 13.5 Å². The first kappa shape index (κ1) is 14.8. The first-order valence-electron chi connectivity index (χ1n) is 4.32. The Bertz CT molecular complexity index is 352. The second-order valence-electron chi connectivity index (χ2n) is 2.83. The van der Waals surface area contributed by atoms with E-state index in [-0.39, 0.29) is 12.8 Å². The zero-order valence-electron chi connectivity index (χ0n) is 8.89. The second kappa shape index (κ2) is 6.40. The summed E-state index contributed by atoms with van der Waals surface area (Å²) >= 11 is 0. The minimum atomic E-state index is -3.85. The summed E-state index contributed by atoms with van der Waals surface area (Å²) in [6.07, 6.45) is -0.359. The smallest absolute Gasteiger partial charge is 0.321 e. The lowest BCUT2D eigenvalue weighted by molar-refractivity contribution is -0.142. The molecule has 0 spiro atoms. The zero-order valence-corrected chi connectivity index (χ0v) is 9.70. The standard InChI is InChI=1S/C7H14N2O6S/c1-8-16(13,14)9-5(7(11)12)3-4-6(10)15-2/h5,8-9H,3-4H2,1-2H3,(H,11,12)/t5-/m0/s1. The quantitative estimate of drug-likeness (QED) is 0.473. The molecule has 0 aromatic carbocycles. The Morgan fingerprint density at radius 2 is 2.00 bits per heavy atom. The number of methoxy groups -OCH3 is 1. The molecule has 1 atom stereocenters. The van der Waals surface area contributed by atoms with Crippen LogP contribution < -0.4 is 9.44 Å². The van der Waals surface area contributed by atoms with Gasteiger partial charge >= 0.3 is 11.9 Å². The van der Waals surface area contributed by atoms with Crippen molar-refractivity contribution in [2.24, 2.45) is 0 Å². The van der Waals surface area contributed by atoms with Gasteiger partial charge < -0.3 is 9.84 Å². The number of ether oxygens (including phenoxy) is 1. The fraction of sp³-hybridized carbons (Fsp3) is 0.714. The highest BCUT2D eigenvalue weighted by Crippen LogP contribution is 2.00. The molecule has 9 heteroatoms. The summed E-state index contributed by atoms with van der Waals surface area (Å²) in [5.41, 5.74) is 0. The first-order valence-corrected chi connectivity index (χ1v) is 5.81. The van der Waals surface area contributed by atoms with E-state index < -0.39 is 28.2 Å². The van der Waals surface area contributed by atoms with Crippen LogP contribution in [0.5, 0.6) is 0 Å². The highest BCUT2D eigenvalue weighted by Gasteiger charge is 2.23. The van der Waals surface area contributed by atoms with Crippen molar-refractivity contribution in [2.75, 3.05) is 14.2 Å². The Balaban J connectivity index is 4.41. The van der Waals surface area contributed by atoms with Crippen LogP contribution in [0.25, 0.3) is 0 Å². The molecule has 0 radical (unpaired) electrons. The van der Waals surface area contributed by atoms with Crippen molar-refractivity contribution in [2.45, 2.75) is 18.9 Å². The molecule has 16 heavy (non-hydrogen) atoms. The van der Waals surface area contributed by atoms with E-state index in [1.165, 1.54) is 0 Å². The molecule has 0 saturated heterocycles. The molecule has 0 heterocycles. The summed E-state index contributed by atoms with van der Waals surface area (Å²) in [5, 5.41) is 8.71. The molecular weight excluding hydrogens is 240 g/mol.